The second kappa shape index (κ2) is 9.54. The van der Waals surface area contributed by atoms with Crippen molar-refractivity contribution in [1.82, 2.24) is 0 Å². The summed E-state index contributed by atoms with van der Waals surface area (Å²) in [6, 6.07) is 20.3. The van der Waals surface area contributed by atoms with Gasteiger partial charge in [-0.1, -0.05) is 94.3 Å². The maximum Gasteiger partial charge on any atom is 0.238 e. The fraction of sp³-hybridized carbons (Fsp3) is 0.361. The lowest BCUT2D eigenvalue weighted by Crippen LogP contribution is -2.51. The summed E-state index contributed by atoms with van der Waals surface area (Å²) in [6.45, 7) is 12.0. The summed E-state index contributed by atoms with van der Waals surface area (Å²) in [5.41, 5.74) is 5.26. The van der Waals surface area contributed by atoms with Crippen LogP contribution in [0.25, 0.3) is 5.57 Å². The van der Waals surface area contributed by atoms with Gasteiger partial charge >= 0.3 is 0 Å². The highest BCUT2D eigenvalue weighted by Gasteiger charge is 2.71. The number of ketones is 2. The molecule has 1 fully saturated rings. The van der Waals surface area contributed by atoms with Gasteiger partial charge in [0.2, 0.25) is 5.91 Å². The van der Waals surface area contributed by atoms with E-state index >= 15 is 0 Å². The molecule has 4 atom stereocenters. The summed E-state index contributed by atoms with van der Waals surface area (Å²) in [7, 11) is 0. The fourth-order valence-electron chi connectivity index (χ4n) is 7.29. The van der Waals surface area contributed by atoms with Gasteiger partial charge in [0, 0.05) is 27.9 Å². The minimum absolute atomic E-state index is 0.0445. The van der Waals surface area contributed by atoms with Crippen LogP contribution >= 0.6 is 0 Å². The van der Waals surface area contributed by atoms with Crippen molar-refractivity contribution in [3.05, 3.63) is 101 Å². The standard InChI is InChI=1S/C36H38N2O3/c1-7-10-23-14-16-24(17-15-23)32(39)30-31(33(40)35(4,5)6)38-28-18-13-21(2)19-25(28)22(3)20-29(38)36(30)26-11-8-9-12-27(26)37-34(36)41/h8-9,11-20,29-31H,7,10H2,1-6H3,(H,37,41)/t29-,30+,31+,36+/m1/s1. The average Bonchev–Trinajstić information content (AvgIpc) is 3.40. The van der Waals surface area contributed by atoms with E-state index in [0.717, 1.165) is 46.4 Å². The van der Waals surface area contributed by atoms with E-state index in [9.17, 15) is 14.4 Å². The van der Waals surface area contributed by atoms with Crippen LogP contribution < -0.4 is 10.2 Å². The lowest BCUT2D eigenvalue weighted by molar-refractivity contribution is -0.128. The normalized spacial score (nSPS) is 24.4. The fourth-order valence-corrected chi connectivity index (χ4v) is 7.29. The molecule has 0 saturated carbocycles. The number of carbonyl (C=O) groups excluding carboxylic acids is 3. The van der Waals surface area contributed by atoms with Crippen molar-refractivity contribution in [3.63, 3.8) is 0 Å². The Morgan fingerprint density at radius 3 is 2.37 bits per heavy atom. The third-order valence-electron chi connectivity index (χ3n) is 9.20. The van der Waals surface area contributed by atoms with Gasteiger partial charge in [0.1, 0.15) is 11.5 Å². The van der Waals surface area contributed by atoms with Gasteiger partial charge in [0.15, 0.2) is 11.6 Å². The molecule has 3 aromatic carbocycles. The van der Waals surface area contributed by atoms with Crippen LogP contribution in [-0.4, -0.2) is 29.6 Å². The Labute approximate surface area is 242 Å². The number of para-hydroxylation sites is 1. The number of hydrogen-bond acceptors (Lipinski definition) is 4. The summed E-state index contributed by atoms with van der Waals surface area (Å²) >= 11 is 0. The van der Waals surface area contributed by atoms with Crippen LogP contribution in [0.1, 0.15) is 73.7 Å². The number of carbonyl (C=O) groups is 3. The van der Waals surface area contributed by atoms with Gasteiger partial charge < -0.3 is 10.2 Å². The summed E-state index contributed by atoms with van der Waals surface area (Å²) in [4.78, 5) is 46.0. The first-order chi connectivity index (χ1) is 19.5. The Morgan fingerprint density at radius 2 is 1.68 bits per heavy atom. The smallest absolute Gasteiger partial charge is 0.238 e. The number of aryl methyl sites for hydroxylation is 2. The van der Waals surface area contributed by atoms with E-state index in [2.05, 4.69) is 49.2 Å². The lowest BCUT2D eigenvalue weighted by Gasteiger charge is -2.40. The predicted octanol–water partition coefficient (Wildman–Crippen LogP) is 6.93. The molecule has 1 saturated heterocycles. The molecular formula is C36H38N2O3. The van der Waals surface area contributed by atoms with Gasteiger partial charge in [-0.2, -0.15) is 0 Å². The third kappa shape index (κ3) is 3.93. The number of Topliss-reactive ketones (excluding diaryl/α,β-unsaturated/α-hetero) is 2. The van der Waals surface area contributed by atoms with Crippen LogP contribution in [-0.2, 0) is 21.4 Å². The summed E-state index contributed by atoms with van der Waals surface area (Å²) in [6.07, 6.45) is 4.06. The molecule has 210 valence electrons. The second-order valence-corrected chi connectivity index (χ2v) is 12.9. The molecule has 3 aliphatic heterocycles. The third-order valence-corrected chi connectivity index (χ3v) is 9.20. The van der Waals surface area contributed by atoms with Gasteiger partial charge in [0.05, 0.1) is 12.0 Å². The maximum absolute atomic E-state index is 14.9. The highest BCUT2D eigenvalue weighted by atomic mass is 16.2. The molecule has 41 heavy (non-hydrogen) atoms. The van der Waals surface area contributed by atoms with Crippen molar-refractivity contribution < 1.29 is 14.4 Å². The van der Waals surface area contributed by atoms with Gasteiger partial charge in [-0.25, -0.2) is 0 Å². The first-order valence-electron chi connectivity index (χ1n) is 14.7. The number of allylic oxidation sites excluding steroid dienone is 1. The van der Waals surface area contributed by atoms with E-state index in [-0.39, 0.29) is 17.5 Å². The topological polar surface area (TPSA) is 66.5 Å². The molecule has 3 aliphatic rings. The molecule has 0 bridgehead atoms. The Bertz CT molecular complexity index is 1610. The zero-order valence-corrected chi connectivity index (χ0v) is 24.7. The summed E-state index contributed by atoms with van der Waals surface area (Å²) in [5.74, 6) is -1.36. The number of nitrogens with zero attached hydrogens (tertiary/aromatic N) is 1. The van der Waals surface area contributed by atoms with E-state index in [4.69, 9.17) is 0 Å². The largest absolute Gasteiger partial charge is 0.352 e. The molecule has 0 aromatic heterocycles. The molecular weight excluding hydrogens is 508 g/mol. The molecule has 3 aromatic rings. The molecule has 6 rings (SSSR count). The first-order valence-corrected chi connectivity index (χ1v) is 14.7. The zero-order chi connectivity index (χ0) is 29.3. The SMILES string of the molecule is CCCc1ccc(C(=O)[C@@H]2[C@@H](C(=O)C(C)(C)C)N3c4ccc(C)cc4C(C)=C[C@@H]3[C@]23C(=O)Nc2ccccc23)cc1. The molecule has 0 radical (unpaired) electrons. The van der Waals surface area contributed by atoms with E-state index in [1.807, 2.05) is 75.4 Å². The van der Waals surface area contributed by atoms with Crippen LogP contribution in [0.3, 0.4) is 0 Å². The quantitative estimate of drug-likeness (QED) is 0.353. The average molecular weight is 547 g/mol. The number of rotatable bonds is 5. The van der Waals surface area contributed by atoms with Crippen LogP contribution in [0, 0.1) is 18.3 Å². The molecule has 0 aliphatic carbocycles. The highest BCUT2D eigenvalue weighted by Crippen LogP contribution is 2.59. The molecule has 1 spiro atoms. The van der Waals surface area contributed by atoms with Crippen molar-refractivity contribution in [2.75, 3.05) is 10.2 Å². The number of benzene rings is 3. The number of amides is 1. The minimum Gasteiger partial charge on any atom is -0.352 e. The summed E-state index contributed by atoms with van der Waals surface area (Å²) in [5, 5.41) is 3.11. The number of fused-ring (bicyclic) bond motifs is 6. The molecule has 5 heteroatoms. The molecule has 3 heterocycles. The van der Waals surface area contributed by atoms with Crippen molar-refractivity contribution in [1.29, 1.82) is 0 Å². The molecule has 0 unspecified atom stereocenters. The van der Waals surface area contributed by atoms with Crippen LogP contribution in [0.15, 0.2) is 72.8 Å². The second-order valence-electron chi connectivity index (χ2n) is 12.9. The Hall–Kier alpha value is -3.99. The van der Waals surface area contributed by atoms with Crippen molar-refractivity contribution in [2.24, 2.45) is 11.3 Å². The van der Waals surface area contributed by atoms with Gasteiger partial charge in [-0.3, -0.25) is 14.4 Å². The predicted molar refractivity (Wildman–Crippen MR) is 164 cm³/mol. The monoisotopic (exact) mass is 546 g/mol. The first kappa shape index (κ1) is 27.2. The van der Waals surface area contributed by atoms with Gasteiger partial charge in [0.25, 0.3) is 0 Å². The lowest BCUT2D eigenvalue weighted by atomic mass is 9.63. The number of nitrogens with one attached hydrogen (secondary N) is 1. The van der Waals surface area contributed by atoms with E-state index in [0.29, 0.717) is 11.3 Å². The Balaban J connectivity index is 1.66. The van der Waals surface area contributed by atoms with E-state index < -0.39 is 28.8 Å². The zero-order valence-electron chi connectivity index (χ0n) is 24.7. The van der Waals surface area contributed by atoms with Crippen LogP contribution in [0.2, 0.25) is 0 Å². The molecule has 1 amide bonds. The number of hydrogen-bond donors (Lipinski definition) is 1. The van der Waals surface area contributed by atoms with Crippen molar-refractivity contribution in [2.45, 2.75) is 71.9 Å². The number of anilines is 2. The minimum atomic E-state index is -1.27. The Kier molecular flexibility index (Phi) is 6.33. The molecule has 5 nitrogen and oxygen atoms in total. The van der Waals surface area contributed by atoms with Crippen LogP contribution in [0.5, 0.6) is 0 Å². The van der Waals surface area contributed by atoms with Crippen molar-refractivity contribution >= 4 is 34.4 Å². The molecule has 1 N–H and O–H groups in total. The van der Waals surface area contributed by atoms with Crippen molar-refractivity contribution in [3.8, 4) is 0 Å². The van der Waals surface area contributed by atoms with Gasteiger partial charge in [-0.15, -0.1) is 0 Å². The summed E-state index contributed by atoms with van der Waals surface area (Å²) < 4.78 is 0. The van der Waals surface area contributed by atoms with Gasteiger partial charge in [-0.05, 0) is 55.2 Å². The van der Waals surface area contributed by atoms with E-state index in [1.54, 1.807) is 0 Å². The Morgan fingerprint density at radius 1 is 0.976 bits per heavy atom. The van der Waals surface area contributed by atoms with E-state index in [1.165, 1.54) is 0 Å². The van der Waals surface area contributed by atoms with Crippen LogP contribution in [0.4, 0.5) is 11.4 Å². The maximum atomic E-state index is 14.9. The highest BCUT2D eigenvalue weighted by molar-refractivity contribution is 6.17.